The topological polar surface area (TPSA) is 50.2 Å². The second-order valence-corrected chi connectivity index (χ2v) is 3.91. The molecule has 0 spiro atoms. The molecule has 74 valence electrons. The van der Waals surface area contributed by atoms with Crippen molar-refractivity contribution in [3.63, 3.8) is 0 Å². The summed E-state index contributed by atoms with van der Waals surface area (Å²) in [6, 6.07) is 3.59. The Hall–Kier alpha value is -1.09. The molecule has 1 heterocycles. The summed E-state index contributed by atoms with van der Waals surface area (Å²) in [7, 11) is 0. The number of aliphatic carboxylic acids is 1. The zero-order valence-corrected chi connectivity index (χ0v) is 8.29. The average molecular weight is 212 g/mol. The quantitative estimate of drug-likeness (QED) is 0.723. The van der Waals surface area contributed by atoms with Crippen molar-refractivity contribution in [2.24, 2.45) is 5.92 Å². The number of aryl methyl sites for hydroxylation is 1. The van der Waals surface area contributed by atoms with Gasteiger partial charge in [0.1, 0.15) is 5.15 Å². The minimum absolute atomic E-state index is 0.259. The van der Waals surface area contributed by atoms with Gasteiger partial charge in [-0.1, -0.05) is 17.7 Å². The lowest BCUT2D eigenvalue weighted by atomic mass is 9.87. The van der Waals surface area contributed by atoms with Crippen LogP contribution in [0.4, 0.5) is 0 Å². The molecular weight excluding hydrogens is 202 g/mol. The summed E-state index contributed by atoms with van der Waals surface area (Å²) in [6.45, 7) is 0. The van der Waals surface area contributed by atoms with Crippen LogP contribution in [0.3, 0.4) is 0 Å². The Morgan fingerprint density at radius 1 is 1.57 bits per heavy atom. The summed E-state index contributed by atoms with van der Waals surface area (Å²) in [6.07, 6.45) is 1.96. The second-order valence-electron chi connectivity index (χ2n) is 3.52. The van der Waals surface area contributed by atoms with Gasteiger partial charge in [-0.25, -0.2) is 4.98 Å². The first-order valence-corrected chi connectivity index (χ1v) is 4.91. The van der Waals surface area contributed by atoms with E-state index >= 15 is 0 Å². The number of rotatable bonds is 1. The highest BCUT2D eigenvalue weighted by molar-refractivity contribution is 6.29. The molecule has 1 aliphatic rings. The molecule has 1 aromatic rings. The van der Waals surface area contributed by atoms with E-state index in [0.717, 1.165) is 11.3 Å². The van der Waals surface area contributed by atoms with Crippen molar-refractivity contribution in [2.75, 3.05) is 0 Å². The smallest absolute Gasteiger partial charge is 0.306 e. The van der Waals surface area contributed by atoms with Gasteiger partial charge in [0.25, 0.3) is 0 Å². The fourth-order valence-electron chi connectivity index (χ4n) is 1.80. The van der Waals surface area contributed by atoms with Gasteiger partial charge in [0.15, 0.2) is 0 Å². The molecule has 1 aromatic heterocycles. The molecule has 0 amide bonds. The third-order valence-corrected chi connectivity index (χ3v) is 2.79. The molecule has 2 rings (SSSR count). The number of hydrogen-bond donors (Lipinski definition) is 1. The van der Waals surface area contributed by atoms with Gasteiger partial charge >= 0.3 is 5.97 Å². The molecule has 0 bridgehead atoms. The summed E-state index contributed by atoms with van der Waals surface area (Å²) in [5.41, 5.74) is 1.98. The minimum atomic E-state index is -0.717. The highest BCUT2D eigenvalue weighted by Crippen LogP contribution is 2.25. The number of carbonyl (C=O) groups is 1. The van der Waals surface area contributed by atoms with Crippen LogP contribution in [0, 0.1) is 5.92 Å². The SMILES string of the molecule is O=C(O)[C@H]1CCc2nc(Cl)ccc2C1. The molecule has 0 aromatic carbocycles. The van der Waals surface area contributed by atoms with E-state index in [9.17, 15) is 4.79 Å². The van der Waals surface area contributed by atoms with Crippen LogP contribution in [-0.2, 0) is 17.6 Å². The van der Waals surface area contributed by atoms with Crippen molar-refractivity contribution < 1.29 is 9.90 Å². The summed E-state index contributed by atoms with van der Waals surface area (Å²) in [5.74, 6) is -0.976. The largest absolute Gasteiger partial charge is 0.481 e. The molecule has 1 aliphatic carbocycles. The second kappa shape index (κ2) is 3.58. The van der Waals surface area contributed by atoms with Crippen molar-refractivity contribution >= 4 is 17.6 Å². The molecule has 0 fully saturated rings. The lowest BCUT2D eigenvalue weighted by molar-refractivity contribution is -0.142. The first-order valence-electron chi connectivity index (χ1n) is 4.54. The maximum Gasteiger partial charge on any atom is 0.306 e. The average Bonchev–Trinajstić information content (AvgIpc) is 2.16. The van der Waals surface area contributed by atoms with E-state index in [-0.39, 0.29) is 5.92 Å². The van der Waals surface area contributed by atoms with Crippen LogP contribution in [0.15, 0.2) is 12.1 Å². The van der Waals surface area contributed by atoms with E-state index < -0.39 is 5.97 Å². The summed E-state index contributed by atoms with van der Waals surface area (Å²) < 4.78 is 0. The predicted octanol–water partition coefficient (Wildman–Crippen LogP) is 1.92. The van der Waals surface area contributed by atoms with E-state index in [4.69, 9.17) is 16.7 Å². The van der Waals surface area contributed by atoms with Crippen LogP contribution in [0.5, 0.6) is 0 Å². The van der Waals surface area contributed by atoms with Gasteiger partial charge in [-0.3, -0.25) is 4.79 Å². The molecule has 1 N–H and O–H groups in total. The molecule has 1 atom stereocenters. The molecule has 4 heteroatoms. The van der Waals surface area contributed by atoms with E-state index in [2.05, 4.69) is 4.98 Å². The molecule has 3 nitrogen and oxygen atoms in total. The summed E-state index contributed by atoms with van der Waals surface area (Å²) >= 11 is 5.75. The van der Waals surface area contributed by atoms with E-state index in [1.165, 1.54) is 0 Å². The number of pyridine rings is 1. The van der Waals surface area contributed by atoms with Crippen LogP contribution < -0.4 is 0 Å². The van der Waals surface area contributed by atoms with Gasteiger partial charge in [0, 0.05) is 5.69 Å². The third-order valence-electron chi connectivity index (χ3n) is 2.58. The van der Waals surface area contributed by atoms with Crippen molar-refractivity contribution in [3.05, 3.63) is 28.5 Å². The van der Waals surface area contributed by atoms with Crippen LogP contribution in [-0.4, -0.2) is 16.1 Å². The highest BCUT2D eigenvalue weighted by Gasteiger charge is 2.24. The summed E-state index contributed by atoms with van der Waals surface area (Å²) in [5, 5.41) is 9.36. The zero-order valence-electron chi connectivity index (χ0n) is 7.53. The predicted molar refractivity (Wildman–Crippen MR) is 52.4 cm³/mol. The summed E-state index contributed by atoms with van der Waals surface area (Å²) in [4.78, 5) is 15.0. The van der Waals surface area contributed by atoms with Crippen LogP contribution in [0.1, 0.15) is 17.7 Å². The number of nitrogens with zero attached hydrogens (tertiary/aromatic N) is 1. The van der Waals surface area contributed by atoms with Crippen molar-refractivity contribution in [3.8, 4) is 0 Å². The molecule has 0 aliphatic heterocycles. The van der Waals surface area contributed by atoms with Crippen LogP contribution in [0.25, 0.3) is 0 Å². The number of hydrogen-bond acceptors (Lipinski definition) is 2. The molecular formula is C10H10ClNO2. The maximum atomic E-state index is 10.8. The molecule has 0 saturated heterocycles. The monoisotopic (exact) mass is 211 g/mol. The zero-order chi connectivity index (χ0) is 10.1. The number of fused-ring (bicyclic) bond motifs is 1. The van der Waals surface area contributed by atoms with E-state index in [1.807, 2.05) is 6.07 Å². The standard InChI is InChI=1S/C10H10ClNO2/c11-9-4-2-6-5-7(10(13)14)1-3-8(6)12-9/h2,4,7H,1,3,5H2,(H,13,14)/t7-/m0/s1. The van der Waals surface area contributed by atoms with Gasteiger partial charge in [-0.15, -0.1) is 0 Å². The third kappa shape index (κ3) is 1.73. The van der Waals surface area contributed by atoms with Gasteiger partial charge in [0.2, 0.25) is 0 Å². The molecule has 0 radical (unpaired) electrons. The lowest BCUT2D eigenvalue weighted by Gasteiger charge is -2.20. The first-order chi connectivity index (χ1) is 6.66. The Labute approximate surface area is 86.7 Å². The fourth-order valence-corrected chi connectivity index (χ4v) is 1.96. The molecule has 0 saturated carbocycles. The van der Waals surface area contributed by atoms with Crippen molar-refractivity contribution in [1.29, 1.82) is 0 Å². The van der Waals surface area contributed by atoms with Gasteiger partial charge in [0.05, 0.1) is 5.92 Å². The van der Waals surface area contributed by atoms with Crippen LogP contribution >= 0.6 is 11.6 Å². The van der Waals surface area contributed by atoms with Gasteiger partial charge in [-0.2, -0.15) is 0 Å². The lowest BCUT2D eigenvalue weighted by Crippen LogP contribution is -2.22. The Kier molecular flexibility index (Phi) is 2.42. The normalized spacial score (nSPS) is 20.2. The van der Waals surface area contributed by atoms with E-state index in [1.54, 1.807) is 6.07 Å². The highest BCUT2D eigenvalue weighted by atomic mass is 35.5. The Balaban J connectivity index is 2.27. The number of carboxylic acids is 1. The number of carboxylic acid groups (broad SMARTS) is 1. The van der Waals surface area contributed by atoms with E-state index in [0.29, 0.717) is 24.4 Å². The van der Waals surface area contributed by atoms with Crippen molar-refractivity contribution in [1.82, 2.24) is 4.98 Å². The van der Waals surface area contributed by atoms with Crippen molar-refractivity contribution in [2.45, 2.75) is 19.3 Å². The molecule has 0 unspecified atom stereocenters. The number of halogens is 1. The maximum absolute atomic E-state index is 10.8. The van der Waals surface area contributed by atoms with Crippen LogP contribution in [0.2, 0.25) is 5.15 Å². The first kappa shape index (κ1) is 9.46. The van der Waals surface area contributed by atoms with Gasteiger partial charge in [-0.05, 0) is 30.9 Å². The van der Waals surface area contributed by atoms with Gasteiger partial charge < -0.3 is 5.11 Å². The Morgan fingerprint density at radius 3 is 3.07 bits per heavy atom. The Bertz CT molecular complexity index is 378. The molecule has 14 heavy (non-hydrogen) atoms. The Morgan fingerprint density at radius 2 is 2.36 bits per heavy atom. The fraction of sp³-hybridized carbons (Fsp3) is 0.400. The number of aromatic nitrogens is 1. The minimum Gasteiger partial charge on any atom is -0.481 e.